The third-order valence-electron chi connectivity index (χ3n) is 1.97. The second-order valence-electron chi connectivity index (χ2n) is 2.83. The van der Waals surface area contributed by atoms with Crippen LogP contribution >= 0.6 is 0 Å². The monoisotopic (exact) mass is 208 g/mol. The molecule has 0 bridgehead atoms. The molecule has 14 heavy (non-hydrogen) atoms. The van der Waals surface area contributed by atoms with Gasteiger partial charge in [-0.25, -0.2) is 9.19 Å². The Morgan fingerprint density at radius 1 is 1.36 bits per heavy atom. The lowest BCUT2D eigenvalue weighted by Gasteiger charge is -2.01. The van der Waals surface area contributed by atoms with Crippen molar-refractivity contribution in [2.24, 2.45) is 0 Å². The van der Waals surface area contributed by atoms with Crippen molar-refractivity contribution in [3.63, 3.8) is 0 Å². The summed E-state index contributed by atoms with van der Waals surface area (Å²) in [5, 5.41) is 1.61. The van der Waals surface area contributed by atoms with Gasteiger partial charge < -0.3 is 10.3 Å². The molecule has 5 heteroatoms. The number of hydrogen-bond donors (Lipinski definition) is 2. The zero-order valence-corrected chi connectivity index (χ0v) is 7.99. The van der Waals surface area contributed by atoms with Gasteiger partial charge in [-0.15, -0.1) is 0 Å². The van der Waals surface area contributed by atoms with E-state index in [4.69, 9.17) is 10.3 Å². The van der Waals surface area contributed by atoms with Crippen LogP contribution in [0.25, 0.3) is 10.8 Å². The molecule has 0 saturated heterocycles. The molecule has 1 unspecified atom stereocenters. The fourth-order valence-corrected chi connectivity index (χ4v) is 1.70. The van der Waals surface area contributed by atoms with Crippen molar-refractivity contribution >= 4 is 27.7 Å². The Bertz CT molecular complexity index is 513. The van der Waals surface area contributed by atoms with E-state index in [0.717, 1.165) is 10.8 Å². The predicted octanol–water partition coefficient (Wildman–Crippen LogP) is 1.40. The van der Waals surface area contributed by atoms with Gasteiger partial charge in [0.25, 0.3) is 0 Å². The van der Waals surface area contributed by atoms with Crippen molar-refractivity contribution in [3.8, 4) is 0 Å². The van der Waals surface area contributed by atoms with E-state index in [1.165, 1.54) is 0 Å². The van der Waals surface area contributed by atoms with E-state index in [2.05, 4.69) is 4.98 Å². The first-order valence-corrected chi connectivity index (χ1v) is 5.04. The maximum absolute atomic E-state index is 10.8. The van der Waals surface area contributed by atoms with Crippen LogP contribution in [0.5, 0.6) is 0 Å². The largest absolute Gasteiger partial charge is 0.383 e. The number of nitrogens with two attached hydrogens (primary N) is 1. The van der Waals surface area contributed by atoms with E-state index in [9.17, 15) is 4.21 Å². The third-order valence-corrected chi connectivity index (χ3v) is 2.63. The van der Waals surface area contributed by atoms with Crippen molar-refractivity contribution in [3.05, 3.63) is 30.5 Å². The van der Waals surface area contributed by atoms with Crippen LogP contribution < -0.4 is 5.73 Å². The maximum atomic E-state index is 10.8. The van der Waals surface area contributed by atoms with Crippen LogP contribution in [0.4, 0.5) is 5.82 Å². The lowest BCUT2D eigenvalue weighted by molar-refractivity contribution is 0.564. The van der Waals surface area contributed by atoms with Gasteiger partial charge in [-0.2, -0.15) is 0 Å². The molecular weight excluding hydrogens is 200 g/mol. The van der Waals surface area contributed by atoms with Crippen molar-refractivity contribution in [2.75, 3.05) is 5.73 Å². The molecule has 4 nitrogen and oxygen atoms in total. The van der Waals surface area contributed by atoms with Gasteiger partial charge in [-0.05, 0) is 29.7 Å². The molecule has 1 aromatic carbocycles. The molecule has 2 rings (SSSR count). The molecule has 0 radical (unpaired) electrons. The Kier molecular flexibility index (Phi) is 2.18. The molecule has 1 atom stereocenters. The lowest BCUT2D eigenvalue weighted by Crippen LogP contribution is -1.92. The van der Waals surface area contributed by atoms with Crippen LogP contribution in [0, 0.1) is 0 Å². The first-order chi connectivity index (χ1) is 6.68. The zero-order valence-electron chi connectivity index (χ0n) is 7.18. The van der Waals surface area contributed by atoms with Gasteiger partial charge in [0.05, 0.1) is 4.90 Å². The summed E-state index contributed by atoms with van der Waals surface area (Å²) in [6, 6.07) is 6.64. The molecule has 0 aliphatic rings. The number of aromatic nitrogens is 1. The number of anilines is 1. The molecule has 1 heterocycles. The molecule has 0 aliphatic heterocycles. The molecule has 1 aromatic heterocycles. The Morgan fingerprint density at radius 2 is 2.14 bits per heavy atom. The number of fused-ring (bicyclic) bond motifs is 1. The summed E-state index contributed by atoms with van der Waals surface area (Å²) >= 11 is -1.95. The molecule has 0 aliphatic carbocycles. The van der Waals surface area contributed by atoms with Crippen molar-refractivity contribution < 1.29 is 8.76 Å². The Morgan fingerprint density at radius 3 is 2.86 bits per heavy atom. The lowest BCUT2D eigenvalue weighted by atomic mass is 10.2. The number of nitrogens with zero attached hydrogens (tertiary/aromatic N) is 1. The van der Waals surface area contributed by atoms with Gasteiger partial charge in [0.1, 0.15) is 5.82 Å². The second kappa shape index (κ2) is 3.36. The molecule has 3 N–H and O–H groups in total. The number of rotatable bonds is 1. The van der Waals surface area contributed by atoms with E-state index < -0.39 is 11.1 Å². The van der Waals surface area contributed by atoms with Crippen LogP contribution in [0.15, 0.2) is 35.4 Å². The summed E-state index contributed by atoms with van der Waals surface area (Å²) < 4.78 is 19.7. The number of benzene rings is 1. The normalized spacial score (nSPS) is 12.9. The molecule has 2 aromatic rings. The quantitative estimate of drug-likeness (QED) is 0.694. The number of pyridine rings is 1. The van der Waals surface area contributed by atoms with Gasteiger partial charge in [0.15, 0.2) is 11.1 Å². The average molecular weight is 208 g/mol. The molecule has 72 valence electrons. The first kappa shape index (κ1) is 9.11. The molecule has 0 saturated carbocycles. The Balaban J connectivity index is 2.73. The summed E-state index contributed by atoms with van der Waals surface area (Å²) in [7, 11) is 0. The van der Waals surface area contributed by atoms with E-state index in [1.807, 2.05) is 0 Å². The SMILES string of the molecule is Nc1nccc2cc(S(=O)O)ccc12. The minimum absolute atomic E-state index is 0.364. The molecular formula is C9H8N2O2S. The van der Waals surface area contributed by atoms with Gasteiger partial charge in [0, 0.05) is 11.6 Å². The number of hydrogen-bond acceptors (Lipinski definition) is 3. The third kappa shape index (κ3) is 1.47. The summed E-state index contributed by atoms with van der Waals surface area (Å²) in [5.74, 6) is 0.428. The van der Waals surface area contributed by atoms with Gasteiger partial charge >= 0.3 is 0 Å². The second-order valence-corrected chi connectivity index (χ2v) is 3.80. The van der Waals surface area contributed by atoms with Crippen molar-refractivity contribution in [1.29, 1.82) is 0 Å². The smallest absolute Gasteiger partial charge is 0.186 e. The van der Waals surface area contributed by atoms with Gasteiger partial charge in [0.2, 0.25) is 0 Å². The fourth-order valence-electron chi connectivity index (χ4n) is 1.29. The highest BCUT2D eigenvalue weighted by Gasteiger charge is 2.03. The Labute approximate surface area is 83.1 Å². The van der Waals surface area contributed by atoms with Gasteiger partial charge in [-0.1, -0.05) is 0 Å². The standard InChI is InChI=1S/C9H8N2O2S/c10-9-8-2-1-7(14(12)13)5-6(8)3-4-11-9/h1-5H,(H2,10,11)(H,12,13). The van der Waals surface area contributed by atoms with E-state index in [1.54, 1.807) is 30.5 Å². The number of nitrogen functional groups attached to an aromatic ring is 1. The highest BCUT2D eigenvalue weighted by molar-refractivity contribution is 7.79. The van der Waals surface area contributed by atoms with Crippen LogP contribution in [-0.4, -0.2) is 13.7 Å². The fraction of sp³-hybridized carbons (Fsp3) is 0. The van der Waals surface area contributed by atoms with E-state index in [-0.39, 0.29) is 0 Å². The van der Waals surface area contributed by atoms with Crippen LogP contribution in [-0.2, 0) is 11.1 Å². The minimum atomic E-state index is -1.95. The average Bonchev–Trinajstić information content (AvgIpc) is 2.17. The predicted molar refractivity (Wildman–Crippen MR) is 55.2 cm³/mol. The minimum Gasteiger partial charge on any atom is -0.383 e. The first-order valence-electron chi connectivity index (χ1n) is 3.93. The summed E-state index contributed by atoms with van der Waals surface area (Å²) in [4.78, 5) is 4.29. The van der Waals surface area contributed by atoms with Crippen LogP contribution in [0.3, 0.4) is 0 Å². The highest BCUT2D eigenvalue weighted by atomic mass is 32.2. The van der Waals surface area contributed by atoms with Crippen molar-refractivity contribution in [2.45, 2.75) is 4.90 Å². The highest BCUT2D eigenvalue weighted by Crippen LogP contribution is 2.20. The molecule has 0 fully saturated rings. The molecule has 0 spiro atoms. The summed E-state index contributed by atoms with van der Waals surface area (Å²) in [6.45, 7) is 0. The van der Waals surface area contributed by atoms with E-state index >= 15 is 0 Å². The summed E-state index contributed by atoms with van der Waals surface area (Å²) in [6.07, 6.45) is 1.57. The van der Waals surface area contributed by atoms with Crippen molar-refractivity contribution in [1.82, 2.24) is 4.98 Å². The molecule has 0 amide bonds. The van der Waals surface area contributed by atoms with Gasteiger partial charge in [-0.3, -0.25) is 0 Å². The summed E-state index contributed by atoms with van der Waals surface area (Å²) in [5.41, 5.74) is 5.63. The topological polar surface area (TPSA) is 76.2 Å². The van der Waals surface area contributed by atoms with Crippen LogP contribution in [0.2, 0.25) is 0 Å². The maximum Gasteiger partial charge on any atom is 0.186 e. The van der Waals surface area contributed by atoms with E-state index in [0.29, 0.717) is 10.7 Å². The zero-order chi connectivity index (χ0) is 10.1. The van der Waals surface area contributed by atoms with Crippen LogP contribution in [0.1, 0.15) is 0 Å². The Hall–Kier alpha value is -1.46.